The third kappa shape index (κ3) is 1.47. The van der Waals surface area contributed by atoms with Crippen LogP contribution in [0.5, 0.6) is 11.5 Å². The fourth-order valence-corrected chi connectivity index (χ4v) is 2.03. The minimum absolute atomic E-state index is 0.219. The molecule has 17 heavy (non-hydrogen) atoms. The van der Waals surface area contributed by atoms with Crippen LogP contribution in [0.25, 0.3) is 21.8 Å². The summed E-state index contributed by atoms with van der Waals surface area (Å²) in [5, 5.41) is 20.9. The monoisotopic (exact) mass is 225 g/mol. The quantitative estimate of drug-likeness (QED) is 0.578. The van der Waals surface area contributed by atoms with Crippen LogP contribution in [0.15, 0.2) is 36.4 Å². The number of phenols is 2. The van der Waals surface area contributed by atoms with Gasteiger partial charge in [-0.15, -0.1) is 0 Å². The SMILES string of the molecule is Cc1c(O)ccc2nc3ccc(O)cc3cc12. The molecule has 0 aliphatic rings. The third-order valence-electron chi connectivity index (χ3n) is 3.02. The van der Waals surface area contributed by atoms with E-state index in [1.165, 1.54) is 0 Å². The molecule has 0 spiro atoms. The summed E-state index contributed by atoms with van der Waals surface area (Å²) < 4.78 is 0. The molecule has 1 heterocycles. The Kier molecular flexibility index (Phi) is 1.95. The fourth-order valence-electron chi connectivity index (χ4n) is 2.03. The van der Waals surface area contributed by atoms with Crippen LogP contribution in [0.2, 0.25) is 0 Å². The molecule has 0 unspecified atom stereocenters. The Morgan fingerprint density at radius 1 is 0.941 bits per heavy atom. The van der Waals surface area contributed by atoms with E-state index in [-0.39, 0.29) is 11.5 Å². The van der Waals surface area contributed by atoms with Gasteiger partial charge in [-0.2, -0.15) is 0 Å². The molecular formula is C14H11NO2. The van der Waals surface area contributed by atoms with E-state index in [0.29, 0.717) is 0 Å². The van der Waals surface area contributed by atoms with Gasteiger partial charge >= 0.3 is 0 Å². The second-order valence-electron chi connectivity index (χ2n) is 4.14. The maximum absolute atomic E-state index is 9.67. The lowest BCUT2D eigenvalue weighted by atomic mass is 10.1. The van der Waals surface area contributed by atoms with E-state index in [1.54, 1.807) is 30.3 Å². The average Bonchev–Trinajstić information content (AvgIpc) is 2.32. The van der Waals surface area contributed by atoms with Crippen LogP contribution in [0, 0.1) is 6.92 Å². The van der Waals surface area contributed by atoms with Gasteiger partial charge in [0.25, 0.3) is 0 Å². The van der Waals surface area contributed by atoms with Gasteiger partial charge in [0.15, 0.2) is 0 Å². The summed E-state index contributed by atoms with van der Waals surface area (Å²) in [6.07, 6.45) is 0. The van der Waals surface area contributed by atoms with Crippen molar-refractivity contribution in [2.75, 3.05) is 0 Å². The highest BCUT2D eigenvalue weighted by Gasteiger charge is 2.05. The topological polar surface area (TPSA) is 53.4 Å². The number of aromatic nitrogens is 1. The second kappa shape index (κ2) is 3.35. The molecule has 3 nitrogen and oxygen atoms in total. The number of nitrogens with zero attached hydrogens (tertiary/aromatic N) is 1. The Morgan fingerprint density at radius 3 is 2.53 bits per heavy atom. The van der Waals surface area contributed by atoms with Gasteiger partial charge in [0.1, 0.15) is 11.5 Å². The molecule has 2 N–H and O–H groups in total. The highest BCUT2D eigenvalue weighted by molar-refractivity contribution is 5.95. The summed E-state index contributed by atoms with van der Waals surface area (Å²) >= 11 is 0. The molecule has 0 saturated carbocycles. The zero-order valence-electron chi connectivity index (χ0n) is 9.31. The maximum Gasteiger partial charge on any atom is 0.119 e. The summed E-state index contributed by atoms with van der Waals surface area (Å²) in [6.45, 7) is 1.86. The number of benzene rings is 2. The first-order valence-electron chi connectivity index (χ1n) is 5.37. The number of hydrogen-bond donors (Lipinski definition) is 2. The molecule has 1 aromatic heterocycles. The molecule has 3 rings (SSSR count). The van der Waals surface area contributed by atoms with Gasteiger partial charge in [0.05, 0.1) is 11.0 Å². The molecule has 0 fully saturated rings. The number of pyridine rings is 1. The van der Waals surface area contributed by atoms with E-state index in [1.807, 2.05) is 13.0 Å². The molecule has 0 atom stereocenters. The van der Waals surface area contributed by atoms with Gasteiger partial charge in [0, 0.05) is 16.3 Å². The van der Waals surface area contributed by atoms with Crippen molar-refractivity contribution in [2.24, 2.45) is 0 Å². The van der Waals surface area contributed by atoms with E-state index in [4.69, 9.17) is 0 Å². The average molecular weight is 225 g/mol. The van der Waals surface area contributed by atoms with Crippen LogP contribution >= 0.6 is 0 Å². The van der Waals surface area contributed by atoms with Gasteiger partial charge in [-0.05, 0) is 43.3 Å². The van der Waals surface area contributed by atoms with Crippen molar-refractivity contribution in [2.45, 2.75) is 6.92 Å². The Balaban J connectivity index is 2.48. The van der Waals surface area contributed by atoms with E-state index in [0.717, 1.165) is 27.4 Å². The predicted molar refractivity (Wildman–Crippen MR) is 67.3 cm³/mol. The molecule has 3 aromatic rings. The van der Waals surface area contributed by atoms with Crippen LogP contribution in [0.1, 0.15) is 5.56 Å². The minimum Gasteiger partial charge on any atom is -0.508 e. The molecule has 84 valence electrons. The number of hydrogen-bond acceptors (Lipinski definition) is 3. The van der Waals surface area contributed by atoms with Gasteiger partial charge in [-0.3, -0.25) is 0 Å². The molecule has 2 aromatic carbocycles. The van der Waals surface area contributed by atoms with Crippen LogP contribution in [-0.2, 0) is 0 Å². The first-order valence-corrected chi connectivity index (χ1v) is 5.37. The number of aryl methyl sites for hydroxylation is 1. The van der Waals surface area contributed by atoms with Crippen molar-refractivity contribution in [3.05, 3.63) is 42.0 Å². The van der Waals surface area contributed by atoms with E-state index in [9.17, 15) is 10.2 Å². The lowest BCUT2D eigenvalue weighted by molar-refractivity contribution is 0.472. The lowest BCUT2D eigenvalue weighted by Crippen LogP contribution is -1.85. The Morgan fingerprint density at radius 2 is 1.71 bits per heavy atom. The van der Waals surface area contributed by atoms with Crippen molar-refractivity contribution in [3.63, 3.8) is 0 Å². The smallest absolute Gasteiger partial charge is 0.119 e. The zero-order valence-corrected chi connectivity index (χ0v) is 9.31. The molecule has 0 saturated heterocycles. The van der Waals surface area contributed by atoms with Crippen molar-refractivity contribution in [1.82, 2.24) is 4.98 Å². The molecular weight excluding hydrogens is 214 g/mol. The number of rotatable bonds is 0. The summed E-state index contributed by atoms with van der Waals surface area (Å²) in [5.74, 6) is 0.482. The van der Waals surface area contributed by atoms with E-state index >= 15 is 0 Å². The van der Waals surface area contributed by atoms with Crippen LogP contribution in [-0.4, -0.2) is 15.2 Å². The number of aromatic hydroxyl groups is 2. The normalized spacial score (nSPS) is 11.1. The molecule has 0 aliphatic heterocycles. The zero-order chi connectivity index (χ0) is 12.0. The Bertz CT molecular complexity index is 735. The molecule has 3 heteroatoms. The third-order valence-corrected chi connectivity index (χ3v) is 3.02. The van der Waals surface area contributed by atoms with Crippen LogP contribution in [0.4, 0.5) is 0 Å². The Labute approximate surface area is 98.0 Å². The van der Waals surface area contributed by atoms with Crippen LogP contribution < -0.4 is 0 Å². The fraction of sp³-hybridized carbons (Fsp3) is 0.0714. The van der Waals surface area contributed by atoms with Crippen molar-refractivity contribution in [3.8, 4) is 11.5 Å². The van der Waals surface area contributed by atoms with Crippen molar-refractivity contribution < 1.29 is 10.2 Å². The summed E-state index contributed by atoms with van der Waals surface area (Å²) in [5.41, 5.74) is 2.49. The summed E-state index contributed by atoms with van der Waals surface area (Å²) in [7, 11) is 0. The van der Waals surface area contributed by atoms with Gasteiger partial charge in [0.2, 0.25) is 0 Å². The molecule has 0 bridgehead atoms. The predicted octanol–water partition coefficient (Wildman–Crippen LogP) is 3.11. The lowest BCUT2D eigenvalue weighted by Gasteiger charge is -2.06. The summed E-state index contributed by atoms with van der Waals surface area (Å²) in [6, 6.07) is 10.5. The molecule has 0 aliphatic carbocycles. The van der Waals surface area contributed by atoms with Gasteiger partial charge < -0.3 is 10.2 Å². The minimum atomic E-state index is 0.219. The van der Waals surface area contributed by atoms with Gasteiger partial charge in [-0.1, -0.05) is 0 Å². The van der Waals surface area contributed by atoms with Crippen LogP contribution in [0.3, 0.4) is 0 Å². The first kappa shape index (κ1) is 9.90. The summed E-state index contributed by atoms with van der Waals surface area (Å²) in [4.78, 5) is 4.50. The highest BCUT2D eigenvalue weighted by Crippen LogP contribution is 2.29. The maximum atomic E-state index is 9.67. The molecule has 0 amide bonds. The van der Waals surface area contributed by atoms with E-state index < -0.39 is 0 Å². The Hall–Kier alpha value is -2.29. The second-order valence-corrected chi connectivity index (χ2v) is 4.14. The molecule has 0 radical (unpaired) electrons. The number of phenolic OH excluding ortho intramolecular Hbond substituents is 2. The van der Waals surface area contributed by atoms with Crippen molar-refractivity contribution in [1.29, 1.82) is 0 Å². The standard InChI is InChI=1S/C14H11NO2/c1-8-11-7-9-6-10(16)2-3-12(9)15-13(11)4-5-14(8)17/h2-7,16-17H,1H3. The van der Waals surface area contributed by atoms with Gasteiger partial charge in [-0.25, -0.2) is 4.98 Å². The van der Waals surface area contributed by atoms with E-state index in [2.05, 4.69) is 4.98 Å². The highest BCUT2D eigenvalue weighted by atomic mass is 16.3. The largest absolute Gasteiger partial charge is 0.508 e. The number of fused-ring (bicyclic) bond motifs is 2. The first-order chi connectivity index (χ1) is 8.15. The van der Waals surface area contributed by atoms with Crippen molar-refractivity contribution >= 4 is 21.8 Å².